The number of hydrogen-bond donors (Lipinski definition) is 1. The molecule has 0 radical (unpaired) electrons. The molecule has 0 spiro atoms. The molecule has 1 aliphatic rings. The molecule has 5 heteroatoms. The first-order chi connectivity index (χ1) is 3.80. The van der Waals surface area contributed by atoms with Gasteiger partial charge in [0.15, 0.2) is 15.7 Å². The maximum atomic E-state index is 10.0. The third-order valence-electron chi connectivity index (χ3n) is 0.798. The summed E-state index contributed by atoms with van der Waals surface area (Å²) < 4.78 is 20.1. The summed E-state index contributed by atoms with van der Waals surface area (Å²) in [6, 6.07) is 0. The van der Waals surface area contributed by atoms with Crippen molar-refractivity contribution in [1.29, 1.82) is 0 Å². The quantitative estimate of drug-likeness (QED) is 0.448. The number of nitrogens with zero attached hydrogens (tertiary/aromatic N) is 1. The first kappa shape index (κ1) is 5.55. The van der Waals surface area contributed by atoms with Gasteiger partial charge >= 0.3 is 0 Å². The molecule has 4 nitrogen and oxygen atoms in total. The lowest BCUT2D eigenvalue weighted by molar-refractivity contribution is 0.174. The number of rotatable bonds is 0. The Morgan fingerprint density at radius 1 is 1.62 bits per heavy atom. The molecule has 0 aromatic carbocycles. The van der Waals surface area contributed by atoms with E-state index in [1.54, 1.807) is 0 Å². The average Bonchev–Trinajstić information content (AvgIpc) is 2.12. The van der Waals surface area contributed by atoms with Gasteiger partial charge in [0.1, 0.15) is 6.61 Å². The van der Waals surface area contributed by atoms with E-state index in [1.165, 1.54) is 0 Å². The van der Waals surface area contributed by atoms with Crippen molar-refractivity contribution >= 4 is 15.7 Å². The second kappa shape index (κ2) is 2.13. The molecule has 1 aliphatic heterocycles. The first-order valence-corrected chi connectivity index (χ1v) is 3.31. The third-order valence-corrected chi connectivity index (χ3v) is 1.52. The molecular formula is C3H5NO3S. The maximum Gasteiger partial charge on any atom is 0.185 e. The summed E-state index contributed by atoms with van der Waals surface area (Å²) in [5.41, 5.74) is 0. The molecule has 8 heavy (non-hydrogen) atoms. The lowest BCUT2D eigenvalue weighted by atomic mass is 10.5. The fourth-order valence-corrected chi connectivity index (χ4v) is 0.826. The number of thiol groups is 1. The van der Waals surface area contributed by atoms with Crippen LogP contribution in [0.1, 0.15) is 6.42 Å². The van der Waals surface area contributed by atoms with Crippen LogP contribution in [0.25, 0.3) is 0 Å². The number of oxime groups is 1. The van der Waals surface area contributed by atoms with Gasteiger partial charge in [-0.3, -0.25) is 0 Å². The van der Waals surface area contributed by atoms with E-state index in [-0.39, 0.29) is 5.04 Å². The Morgan fingerprint density at radius 2 is 2.38 bits per heavy atom. The van der Waals surface area contributed by atoms with Crippen molar-refractivity contribution < 1.29 is 13.3 Å². The predicted molar refractivity (Wildman–Crippen MR) is 28.3 cm³/mol. The predicted octanol–water partition coefficient (Wildman–Crippen LogP) is -0.668. The van der Waals surface area contributed by atoms with Crippen LogP contribution in [-0.4, -0.2) is 20.1 Å². The van der Waals surface area contributed by atoms with Gasteiger partial charge in [0.25, 0.3) is 0 Å². The summed E-state index contributed by atoms with van der Waals surface area (Å²) in [4.78, 5) is 4.42. The van der Waals surface area contributed by atoms with E-state index in [0.717, 1.165) is 0 Å². The van der Waals surface area contributed by atoms with Gasteiger partial charge in [0.2, 0.25) is 0 Å². The van der Waals surface area contributed by atoms with Crippen LogP contribution >= 0.6 is 0 Å². The van der Waals surface area contributed by atoms with Crippen molar-refractivity contribution in [2.45, 2.75) is 6.42 Å². The molecular weight excluding hydrogens is 130 g/mol. The van der Waals surface area contributed by atoms with Gasteiger partial charge in [-0.1, -0.05) is 5.16 Å². The molecule has 0 unspecified atom stereocenters. The zero-order chi connectivity index (χ0) is 5.98. The molecule has 0 fully saturated rings. The molecule has 0 bridgehead atoms. The Kier molecular flexibility index (Phi) is 1.48. The Hall–Kier alpha value is -0.580. The Bertz CT molecular complexity index is 175. The maximum absolute atomic E-state index is 10.0. The molecule has 0 saturated heterocycles. The van der Waals surface area contributed by atoms with Gasteiger partial charge in [-0.05, 0) is 0 Å². The summed E-state index contributed by atoms with van der Waals surface area (Å²) in [5.74, 6) is 0. The van der Waals surface area contributed by atoms with E-state index in [2.05, 4.69) is 9.99 Å². The van der Waals surface area contributed by atoms with Crippen LogP contribution in [0.5, 0.6) is 0 Å². The van der Waals surface area contributed by atoms with E-state index < -0.39 is 10.7 Å². The molecule has 1 rings (SSSR count). The third kappa shape index (κ3) is 0.975. The molecule has 0 aromatic rings. The van der Waals surface area contributed by atoms with Gasteiger partial charge in [0, 0.05) is 6.42 Å². The van der Waals surface area contributed by atoms with Crippen LogP contribution in [0.4, 0.5) is 0 Å². The highest BCUT2D eigenvalue weighted by atomic mass is 32.2. The van der Waals surface area contributed by atoms with Crippen molar-refractivity contribution in [2.75, 3.05) is 6.61 Å². The number of hydrogen-bond acceptors (Lipinski definition) is 4. The van der Waals surface area contributed by atoms with E-state index in [4.69, 9.17) is 0 Å². The molecule has 0 amide bonds. The van der Waals surface area contributed by atoms with Crippen LogP contribution in [0.3, 0.4) is 0 Å². The first-order valence-electron chi connectivity index (χ1n) is 2.14. The van der Waals surface area contributed by atoms with Crippen molar-refractivity contribution in [2.24, 2.45) is 5.16 Å². The minimum absolute atomic E-state index is 0.153. The highest BCUT2D eigenvalue weighted by Gasteiger charge is 2.08. The van der Waals surface area contributed by atoms with Gasteiger partial charge in [-0.25, -0.2) is 8.42 Å². The lowest BCUT2D eigenvalue weighted by Crippen LogP contribution is -1.94. The second-order valence-corrected chi connectivity index (χ2v) is 2.38. The van der Waals surface area contributed by atoms with Crippen molar-refractivity contribution in [3.05, 3.63) is 0 Å². The molecule has 0 saturated carbocycles. The van der Waals surface area contributed by atoms with Crippen LogP contribution in [0, 0.1) is 0 Å². The van der Waals surface area contributed by atoms with E-state index in [0.29, 0.717) is 13.0 Å². The van der Waals surface area contributed by atoms with Crippen LogP contribution in [-0.2, 0) is 15.5 Å². The van der Waals surface area contributed by atoms with Crippen molar-refractivity contribution in [3.8, 4) is 0 Å². The zero-order valence-corrected chi connectivity index (χ0v) is 4.93. The van der Waals surface area contributed by atoms with Gasteiger partial charge < -0.3 is 4.84 Å². The normalized spacial score (nSPS) is 18.4. The van der Waals surface area contributed by atoms with Crippen molar-refractivity contribution in [3.63, 3.8) is 0 Å². The molecule has 0 atom stereocenters. The van der Waals surface area contributed by atoms with Crippen LogP contribution < -0.4 is 0 Å². The smallest absolute Gasteiger partial charge is 0.185 e. The molecule has 0 aromatic heterocycles. The van der Waals surface area contributed by atoms with E-state index in [9.17, 15) is 8.42 Å². The minimum atomic E-state index is -2.48. The molecule has 0 N–H and O–H groups in total. The van der Waals surface area contributed by atoms with Crippen molar-refractivity contribution in [1.82, 2.24) is 0 Å². The highest BCUT2D eigenvalue weighted by molar-refractivity contribution is 7.89. The lowest BCUT2D eigenvalue weighted by Gasteiger charge is -1.75. The van der Waals surface area contributed by atoms with E-state index >= 15 is 0 Å². The van der Waals surface area contributed by atoms with Gasteiger partial charge in [0.05, 0.1) is 0 Å². The van der Waals surface area contributed by atoms with Crippen LogP contribution in [0.2, 0.25) is 0 Å². The summed E-state index contributed by atoms with van der Waals surface area (Å²) in [5, 5.41) is 3.41. The Labute approximate surface area is 48.1 Å². The summed E-state index contributed by atoms with van der Waals surface area (Å²) in [6.45, 7) is 0.401. The van der Waals surface area contributed by atoms with E-state index in [1.807, 2.05) is 0 Å². The SMILES string of the molecule is O=[SH](=O)C1=NOCC1. The minimum Gasteiger partial charge on any atom is -0.395 e. The summed E-state index contributed by atoms with van der Waals surface area (Å²) in [7, 11) is -2.48. The molecule has 46 valence electrons. The highest BCUT2D eigenvalue weighted by Crippen LogP contribution is 1.98. The Morgan fingerprint density at radius 3 is 2.62 bits per heavy atom. The standard InChI is InChI=1S/C3H5NO3S/c5-8(6)3-1-2-7-4-3/h8H,1-2H2. The van der Waals surface area contributed by atoms with Gasteiger partial charge in [-0.2, -0.15) is 0 Å². The van der Waals surface area contributed by atoms with Crippen LogP contribution in [0.15, 0.2) is 5.16 Å². The molecule has 0 aliphatic carbocycles. The fraction of sp³-hybridized carbons (Fsp3) is 0.667. The monoisotopic (exact) mass is 135 g/mol. The zero-order valence-electron chi connectivity index (χ0n) is 4.03. The summed E-state index contributed by atoms with van der Waals surface area (Å²) >= 11 is 0. The second-order valence-electron chi connectivity index (χ2n) is 1.35. The fourth-order valence-electron chi connectivity index (χ4n) is 0.427. The largest absolute Gasteiger partial charge is 0.395 e. The Balaban J connectivity index is 2.72. The van der Waals surface area contributed by atoms with Gasteiger partial charge in [-0.15, -0.1) is 0 Å². The average molecular weight is 135 g/mol. The summed E-state index contributed by atoms with van der Waals surface area (Å²) in [6.07, 6.45) is 0.429. The molecule has 1 heterocycles. The topological polar surface area (TPSA) is 55.7 Å².